The van der Waals surface area contributed by atoms with Gasteiger partial charge in [-0.2, -0.15) is 0 Å². The molecule has 21 heavy (non-hydrogen) atoms. The predicted octanol–water partition coefficient (Wildman–Crippen LogP) is 3.60. The summed E-state index contributed by atoms with van der Waals surface area (Å²) in [4.78, 5) is 2.52. The van der Waals surface area contributed by atoms with Crippen molar-refractivity contribution in [3.8, 4) is 0 Å². The highest BCUT2D eigenvalue weighted by Gasteiger charge is 2.23. The topological polar surface area (TPSA) is 24.5 Å². The van der Waals surface area contributed by atoms with E-state index in [0.717, 1.165) is 39.0 Å². The Bertz CT molecular complexity index is 427. The zero-order valence-electron chi connectivity index (χ0n) is 13.1. The third-order valence-corrected chi connectivity index (χ3v) is 4.94. The molecule has 1 heterocycles. The van der Waals surface area contributed by atoms with Crippen molar-refractivity contribution >= 4 is 15.9 Å². The van der Waals surface area contributed by atoms with E-state index < -0.39 is 0 Å². The Morgan fingerprint density at radius 2 is 2.24 bits per heavy atom. The van der Waals surface area contributed by atoms with E-state index in [1.54, 1.807) is 0 Å². The van der Waals surface area contributed by atoms with Gasteiger partial charge in [0.25, 0.3) is 0 Å². The number of ether oxygens (including phenoxy) is 1. The molecule has 2 unspecified atom stereocenters. The molecule has 0 aliphatic carbocycles. The molecule has 0 saturated carbocycles. The van der Waals surface area contributed by atoms with Crippen molar-refractivity contribution in [2.75, 3.05) is 33.3 Å². The predicted molar refractivity (Wildman–Crippen MR) is 91.6 cm³/mol. The number of halogens is 1. The number of hydrogen-bond donors (Lipinski definition) is 1. The fourth-order valence-electron chi connectivity index (χ4n) is 2.95. The van der Waals surface area contributed by atoms with Gasteiger partial charge in [-0.05, 0) is 37.4 Å². The Morgan fingerprint density at radius 3 is 2.90 bits per heavy atom. The molecule has 1 fully saturated rings. The molecule has 1 aliphatic heterocycles. The van der Waals surface area contributed by atoms with Crippen LogP contribution in [0, 0.1) is 0 Å². The Kier molecular flexibility index (Phi) is 7.17. The molecule has 1 aliphatic rings. The molecule has 2 rings (SSSR count). The van der Waals surface area contributed by atoms with Gasteiger partial charge in [-0.15, -0.1) is 0 Å². The summed E-state index contributed by atoms with van der Waals surface area (Å²) in [6.07, 6.45) is 3.89. The van der Waals surface area contributed by atoms with Crippen LogP contribution in [0.1, 0.15) is 37.8 Å². The van der Waals surface area contributed by atoms with E-state index in [-0.39, 0.29) is 0 Å². The van der Waals surface area contributed by atoms with E-state index in [1.807, 2.05) is 7.11 Å². The van der Waals surface area contributed by atoms with Crippen LogP contribution in [0.5, 0.6) is 0 Å². The van der Waals surface area contributed by atoms with Crippen LogP contribution in [0.4, 0.5) is 0 Å². The van der Waals surface area contributed by atoms with E-state index in [1.165, 1.54) is 16.5 Å². The summed E-state index contributed by atoms with van der Waals surface area (Å²) in [5.74, 6) is 0. The van der Waals surface area contributed by atoms with Crippen LogP contribution in [0.3, 0.4) is 0 Å². The number of nitrogens with zero attached hydrogens (tertiary/aromatic N) is 1. The molecular formula is C17H27BrN2O. The van der Waals surface area contributed by atoms with Gasteiger partial charge in [-0.25, -0.2) is 0 Å². The molecule has 2 atom stereocenters. The summed E-state index contributed by atoms with van der Waals surface area (Å²) in [6, 6.07) is 8.97. The molecule has 1 N–H and O–H groups in total. The lowest BCUT2D eigenvalue weighted by Gasteiger charge is -2.23. The van der Waals surface area contributed by atoms with Gasteiger partial charge in [0.1, 0.15) is 0 Å². The minimum atomic E-state index is 0.419. The quantitative estimate of drug-likeness (QED) is 0.771. The maximum atomic E-state index is 5.45. The van der Waals surface area contributed by atoms with Gasteiger partial charge in [-0.3, -0.25) is 0 Å². The average Bonchev–Trinajstić information content (AvgIpc) is 2.96. The van der Waals surface area contributed by atoms with Crippen LogP contribution in [0.25, 0.3) is 0 Å². The molecule has 0 bridgehead atoms. The first-order chi connectivity index (χ1) is 10.2. The minimum absolute atomic E-state index is 0.419. The van der Waals surface area contributed by atoms with E-state index in [4.69, 9.17) is 4.74 Å². The first-order valence-corrected chi connectivity index (χ1v) is 8.76. The van der Waals surface area contributed by atoms with Crippen molar-refractivity contribution in [1.29, 1.82) is 0 Å². The van der Waals surface area contributed by atoms with Gasteiger partial charge < -0.3 is 15.0 Å². The third kappa shape index (κ3) is 5.06. The number of likely N-dealkylation sites (tertiary alicyclic amines) is 1. The van der Waals surface area contributed by atoms with Gasteiger partial charge in [0.15, 0.2) is 0 Å². The molecule has 1 aromatic carbocycles. The van der Waals surface area contributed by atoms with Crippen molar-refractivity contribution in [3.63, 3.8) is 0 Å². The zero-order chi connectivity index (χ0) is 15.1. The lowest BCUT2D eigenvalue weighted by molar-refractivity contribution is 0.107. The van der Waals surface area contributed by atoms with E-state index in [9.17, 15) is 0 Å². The van der Waals surface area contributed by atoms with Crippen molar-refractivity contribution in [3.05, 3.63) is 34.3 Å². The molecule has 0 amide bonds. The Labute approximate surface area is 137 Å². The molecule has 3 nitrogen and oxygen atoms in total. The molecule has 0 radical (unpaired) electrons. The second kappa shape index (κ2) is 8.89. The smallest absolute Gasteiger partial charge is 0.0710 e. The molecular weight excluding hydrogens is 328 g/mol. The normalized spacial score (nSPS) is 20.8. The molecule has 118 valence electrons. The minimum Gasteiger partial charge on any atom is -0.380 e. The van der Waals surface area contributed by atoms with Crippen molar-refractivity contribution in [2.45, 2.75) is 38.3 Å². The highest BCUT2D eigenvalue weighted by molar-refractivity contribution is 9.10. The van der Waals surface area contributed by atoms with Crippen LogP contribution < -0.4 is 5.32 Å². The fourth-order valence-corrected chi connectivity index (χ4v) is 3.51. The molecule has 0 spiro atoms. The van der Waals surface area contributed by atoms with E-state index in [2.05, 4.69) is 57.3 Å². The summed E-state index contributed by atoms with van der Waals surface area (Å²) in [6.45, 7) is 6.64. The Hall–Kier alpha value is -0.420. The standard InChI is InChI=1S/C17H27BrN2O/c1-3-10-19-17(15-6-4-5-7-16(15)18)9-12-20-11-8-14(13-20)21-2/h4-7,14,17,19H,3,8-13H2,1-2H3. The van der Waals surface area contributed by atoms with E-state index >= 15 is 0 Å². The highest BCUT2D eigenvalue weighted by Crippen LogP contribution is 2.26. The van der Waals surface area contributed by atoms with Crippen LogP contribution in [-0.4, -0.2) is 44.3 Å². The van der Waals surface area contributed by atoms with E-state index in [0.29, 0.717) is 12.1 Å². The van der Waals surface area contributed by atoms with Gasteiger partial charge in [0, 0.05) is 37.3 Å². The van der Waals surface area contributed by atoms with Gasteiger partial charge in [-0.1, -0.05) is 41.1 Å². The van der Waals surface area contributed by atoms with Crippen LogP contribution in [0.2, 0.25) is 0 Å². The monoisotopic (exact) mass is 354 g/mol. The molecule has 1 aromatic rings. The summed E-state index contributed by atoms with van der Waals surface area (Å²) in [5, 5.41) is 3.69. The first-order valence-electron chi connectivity index (χ1n) is 7.97. The number of rotatable bonds is 8. The zero-order valence-corrected chi connectivity index (χ0v) is 14.7. The second-order valence-electron chi connectivity index (χ2n) is 5.76. The van der Waals surface area contributed by atoms with Crippen LogP contribution in [0.15, 0.2) is 28.7 Å². The largest absolute Gasteiger partial charge is 0.380 e. The summed E-state index contributed by atoms with van der Waals surface area (Å²) < 4.78 is 6.66. The molecule has 1 saturated heterocycles. The number of benzene rings is 1. The van der Waals surface area contributed by atoms with Crippen molar-refractivity contribution in [1.82, 2.24) is 10.2 Å². The molecule has 4 heteroatoms. The number of hydrogen-bond acceptors (Lipinski definition) is 3. The maximum Gasteiger partial charge on any atom is 0.0710 e. The second-order valence-corrected chi connectivity index (χ2v) is 6.62. The molecule has 0 aromatic heterocycles. The Balaban J connectivity index is 1.92. The summed E-state index contributed by atoms with van der Waals surface area (Å²) >= 11 is 3.69. The van der Waals surface area contributed by atoms with Gasteiger partial charge in [0.05, 0.1) is 6.10 Å². The van der Waals surface area contributed by atoms with Crippen LogP contribution >= 0.6 is 15.9 Å². The van der Waals surface area contributed by atoms with Gasteiger partial charge >= 0.3 is 0 Å². The maximum absolute atomic E-state index is 5.45. The lowest BCUT2D eigenvalue weighted by Crippen LogP contribution is -2.29. The van der Waals surface area contributed by atoms with Crippen LogP contribution in [-0.2, 0) is 4.74 Å². The lowest BCUT2D eigenvalue weighted by atomic mass is 10.0. The SMILES string of the molecule is CCCNC(CCN1CCC(OC)C1)c1ccccc1Br. The van der Waals surface area contributed by atoms with Crippen molar-refractivity contribution < 1.29 is 4.74 Å². The first kappa shape index (κ1) is 16.9. The summed E-state index contributed by atoms with van der Waals surface area (Å²) in [7, 11) is 1.82. The fraction of sp³-hybridized carbons (Fsp3) is 0.647. The van der Waals surface area contributed by atoms with Crippen molar-refractivity contribution in [2.24, 2.45) is 0 Å². The number of nitrogens with one attached hydrogen (secondary N) is 1. The highest BCUT2D eigenvalue weighted by atomic mass is 79.9. The van der Waals surface area contributed by atoms with Gasteiger partial charge in [0.2, 0.25) is 0 Å². The summed E-state index contributed by atoms with van der Waals surface area (Å²) in [5.41, 5.74) is 1.37. The third-order valence-electron chi connectivity index (χ3n) is 4.22. The average molecular weight is 355 g/mol. The number of methoxy groups -OCH3 is 1. The Morgan fingerprint density at radius 1 is 1.43 bits per heavy atom.